The fraction of sp³-hybridized carbons (Fsp3) is 0.769. The molecule has 0 aromatic carbocycles. The summed E-state index contributed by atoms with van der Waals surface area (Å²) in [4.78, 5) is 0. The van der Waals surface area contributed by atoms with E-state index < -0.39 is 0 Å². The summed E-state index contributed by atoms with van der Waals surface area (Å²) in [6.07, 6.45) is 2.71. The normalized spacial score (nSPS) is 21.0. The highest BCUT2D eigenvalue weighted by Crippen LogP contribution is 2.36. The molecule has 6 heteroatoms. The van der Waals surface area contributed by atoms with Crippen LogP contribution in [-0.2, 0) is 20.6 Å². The summed E-state index contributed by atoms with van der Waals surface area (Å²) in [7, 11) is 1.35. The van der Waals surface area contributed by atoms with Crippen molar-refractivity contribution in [3.05, 3.63) is 12.3 Å². The van der Waals surface area contributed by atoms with E-state index in [0.717, 1.165) is 25.2 Å². The van der Waals surface area contributed by atoms with Crippen molar-refractivity contribution in [1.82, 2.24) is 9.78 Å². The molecule has 106 valence electrons. The molecule has 1 aliphatic rings. The van der Waals surface area contributed by atoms with Gasteiger partial charge in [-0.1, -0.05) is 0 Å². The third-order valence-corrected chi connectivity index (χ3v) is 3.96. The average molecular weight is 266 g/mol. The predicted octanol–water partition coefficient (Wildman–Crippen LogP) is 1.22. The third-order valence-electron chi connectivity index (χ3n) is 3.96. The standard InChI is InChI=1S/C13H23BN2O3/c1-12(2)13(3,4)19-14(18-12)11-7-8-15-16(11)9-6-10-17-5/h7-8H,6,9-10H2,1-5H3. The topological polar surface area (TPSA) is 45.5 Å². The Kier molecular flexibility index (Phi) is 4.04. The van der Waals surface area contributed by atoms with Gasteiger partial charge in [-0.15, -0.1) is 0 Å². The summed E-state index contributed by atoms with van der Waals surface area (Å²) in [5, 5.41) is 4.33. The first kappa shape index (κ1) is 14.6. The van der Waals surface area contributed by atoms with Crippen LogP contribution in [0.1, 0.15) is 34.1 Å². The fourth-order valence-corrected chi connectivity index (χ4v) is 2.05. The van der Waals surface area contributed by atoms with E-state index in [1.165, 1.54) is 0 Å². The average Bonchev–Trinajstić information content (AvgIpc) is 2.83. The van der Waals surface area contributed by atoms with E-state index in [2.05, 4.69) is 32.8 Å². The van der Waals surface area contributed by atoms with Gasteiger partial charge >= 0.3 is 7.12 Å². The lowest BCUT2D eigenvalue weighted by molar-refractivity contribution is 0.00578. The molecule has 0 atom stereocenters. The van der Waals surface area contributed by atoms with Crippen molar-refractivity contribution in [2.75, 3.05) is 13.7 Å². The zero-order valence-electron chi connectivity index (χ0n) is 12.5. The smallest absolute Gasteiger partial charge is 0.398 e. The summed E-state index contributed by atoms with van der Waals surface area (Å²) in [5.74, 6) is 0. The summed E-state index contributed by atoms with van der Waals surface area (Å²) in [6.45, 7) is 9.75. The molecule has 0 amide bonds. The van der Waals surface area contributed by atoms with Crippen LogP contribution in [0.2, 0.25) is 0 Å². The molecular formula is C13H23BN2O3. The molecule has 0 N–H and O–H groups in total. The lowest BCUT2D eigenvalue weighted by Crippen LogP contribution is -2.41. The second kappa shape index (κ2) is 5.27. The van der Waals surface area contributed by atoms with Crippen LogP contribution < -0.4 is 5.59 Å². The third kappa shape index (κ3) is 2.85. The van der Waals surface area contributed by atoms with Gasteiger partial charge in [0.2, 0.25) is 0 Å². The van der Waals surface area contributed by atoms with Crippen molar-refractivity contribution in [3.8, 4) is 0 Å². The molecule has 5 nitrogen and oxygen atoms in total. The van der Waals surface area contributed by atoms with Crippen molar-refractivity contribution in [3.63, 3.8) is 0 Å². The van der Waals surface area contributed by atoms with Crippen LogP contribution >= 0.6 is 0 Å². The Morgan fingerprint density at radius 1 is 1.26 bits per heavy atom. The highest BCUT2D eigenvalue weighted by molar-refractivity contribution is 6.61. The summed E-state index contributed by atoms with van der Waals surface area (Å²) in [6, 6.07) is 1.95. The van der Waals surface area contributed by atoms with Gasteiger partial charge in [0.1, 0.15) is 0 Å². The van der Waals surface area contributed by atoms with Crippen LogP contribution in [0.5, 0.6) is 0 Å². The van der Waals surface area contributed by atoms with Crippen LogP contribution in [0.25, 0.3) is 0 Å². The van der Waals surface area contributed by atoms with Crippen LogP contribution in [0.15, 0.2) is 12.3 Å². The summed E-state index contributed by atoms with van der Waals surface area (Å²) in [5.41, 5.74) is 0.327. The second-order valence-electron chi connectivity index (χ2n) is 5.91. The van der Waals surface area contributed by atoms with Gasteiger partial charge in [0, 0.05) is 26.5 Å². The molecule has 1 fully saturated rings. The maximum absolute atomic E-state index is 6.04. The van der Waals surface area contributed by atoms with Crippen LogP contribution in [0.3, 0.4) is 0 Å². The largest absolute Gasteiger partial charge is 0.514 e. The van der Waals surface area contributed by atoms with E-state index in [9.17, 15) is 0 Å². The van der Waals surface area contributed by atoms with Gasteiger partial charge in [-0.2, -0.15) is 5.10 Å². The van der Waals surface area contributed by atoms with E-state index >= 15 is 0 Å². The minimum absolute atomic E-state index is 0.320. The molecule has 0 spiro atoms. The number of ether oxygens (including phenoxy) is 1. The lowest BCUT2D eigenvalue weighted by Gasteiger charge is -2.32. The van der Waals surface area contributed by atoms with E-state index in [4.69, 9.17) is 14.0 Å². The Morgan fingerprint density at radius 2 is 1.89 bits per heavy atom. The van der Waals surface area contributed by atoms with E-state index in [1.54, 1.807) is 13.3 Å². The minimum atomic E-state index is -0.352. The van der Waals surface area contributed by atoms with Gasteiger partial charge in [-0.3, -0.25) is 4.68 Å². The highest BCUT2D eigenvalue weighted by Gasteiger charge is 2.52. The summed E-state index contributed by atoms with van der Waals surface area (Å²) >= 11 is 0. The molecule has 0 unspecified atom stereocenters. The Bertz CT molecular complexity index is 415. The number of rotatable bonds is 5. The predicted molar refractivity (Wildman–Crippen MR) is 74.4 cm³/mol. The Balaban J connectivity index is 2.10. The fourth-order valence-electron chi connectivity index (χ4n) is 2.05. The maximum atomic E-state index is 6.04. The monoisotopic (exact) mass is 266 g/mol. The molecule has 1 aromatic rings. The number of aryl methyl sites for hydroxylation is 1. The quantitative estimate of drug-likeness (QED) is 0.593. The van der Waals surface area contributed by atoms with Gasteiger partial charge in [0.05, 0.1) is 16.8 Å². The molecule has 0 radical (unpaired) electrons. The number of hydrogen-bond donors (Lipinski definition) is 0. The molecule has 1 aromatic heterocycles. The first-order valence-corrected chi connectivity index (χ1v) is 6.74. The van der Waals surface area contributed by atoms with Crippen molar-refractivity contribution in [2.45, 2.75) is 51.9 Å². The zero-order valence-corrected chi connectivity index (χ0v) is 12.5. The van der Waals surface area contributed by atoms with Gasteiger partial charge in [-0.25, -0.2) is 0 Å². The van der Waals surface area contributed by atoms with Crippen LogP contribution in [0.4, 0.5) is 0 Å². The minimum Gasteiger partial charge on any atom is -0.398 e. The lowest BCUT2D eigenvalue weighted by atomic mass is 9.84. The molecule has 0 saturated carbocycles. The van der Waals surface area contributed by atoms with Crippen molar-refractivity contribution < 1.29 is 14.0 Å². The van der Waals surface area contributed by atoms with Crippen molar-refractivity contribution >= 4 is 12.7 Å². The molecule has 2 heterocycles. The Morgan fingerprint density at radius 3 is 2.47 bits per heavy atom. The Hall–Kier alpha value is -0.845. The molecule has 1 saturated heterocycles. The maximum Gasteiger partial charge on any atom is 0.514 e. The first-order valence-electron chi connectivity index (χ1n) is 6.74. The van der Waals surface area contributed by atoms with Gasteiger partial charge in [-0.05, 0) is 40.2 Å². The Labute approximate surface area is 115 Å². The van der Waals surface area contributed by atoms with E-state index in [-0.39, 0.29) is 18.3 Å². The number of nitrogens with zero attached hydrogens (tertiary/aromatic N) is 2. The molecule has 1 aliphatic heterocycles. The second-order valence-corrected chi connectivity index (χ2v) is 5.91. The molecule has 2 rings (SSSR count). The first-order chi connectivity index (χ1) is 8.87. The van der Waals surface area contributed by atoms with Crippen LogP contribution in [0, 0.1) is 0 Å². The molecule has 0 aliphatic carbocycles. The number of methoxy groups -OCH3 is 1. The summed E-state index contributed by atoms with van der Waals surface area (Å²) < 4.78 is 19.1. The van der Waals surface area contributed by atoms with E-state index in [1.807, 2.05) is 10.7 Å². The number of hydrogen-bond acceptors (Lipinski definition) is 4. The molecule has 0 bridgehead atoms. The zero-order chi connectivity index (χ0) is 14.1. The van der Waals surface area contributed by atoms with Crippen molar-refractivity contribution in [2.24, 2.45) is 0 Å². The molecular weight excluding hydrogens is 243 g/mol. The van der Waals surface area contributed by atoms with Gasteiger partial charge in [0.25, 0.3) is 0 Å². The van der Waals surface area contributed by atoms with Gasteiger partial charge < -0.3 is 14.0 Å². The SMILES string of the molecule is COCCCn1nccc1B1OC(C)(C)C(C)(C)O1. The van der Waals surface area contributed by atoms with Crippen LogP contribution in [-0.4, -0.2) is 41.8 Å². The van der Waals surface area contributed by atoms with Crippen molar-refractivity contribution in [1.29, 1.82) is 0 Å². The highest BCUT2D eigenvalue weighted by atomic mass is 16.7. The van der Waals surface area contributed by atoms with E-state index in [0.29, 0.717) is 0 Å². The number of aromatic nitrogens is 2. The van der Waals surface area contributed by atoms with Gasteiger partial charge in [0.15, 0.2) is 0 Å². The molecule has 19 heavy (non-hydrogen) atoms.